The summed E-state index contributed by atoms with van der Waals surface area (Å²) < 4.78 is 7.68. The molecule has 1 aliphatic heterocycles. The van der Waals surface area contributed by atoms with Crippen LogP contribution in [0, 0.1) is 11.3 Å². The Morgan fingerprint density at radius 2 is 1.97 bits per heavy atom. The average Bonchev–Trinajstić information content (AvgIpc) is 3.22. The van der Waals surface area contributed by atoms with Crippen molar-refractivity contribution in [1.82, 2.24) is 9.88 Å². The fourth-order valence-corrected chi connectivity index (χ4v) is 5.61. The summed E-state index contributed by atoms with van der Waals surface area (Å²) in [6.45, 7) is 1.81. The van der Waals surface area contributed by atoms with E-state index in [9.17, 15) is 4.79 Å². The quantitative estimate of drug-likeness (QED) is 0.480. The van der Waals surface area contributed by atoms with Crippen LogP contribution in [0.1, 0.15) is 35.2 Å². The summed E-state index contributed by atoms with van der Waals surface area (Å²) in [7, 11) is 0. The van der Waals surface area contributed by atoms with E-state index < -0.39 is 0 Å². The standard InChI is InChI=1S/C23H23N3O2S2/c24-12-3-13-26(19-10-14-28-15-11-19)22(27)18-8-6-17(7-9-18)16-29-23-25-20-4-1-2-5-21(20)30-23/h1-2,4-9,19H,3,10-11,13-16H2. The highest BCUT2D eigenvalue weighted by atomic mass is 32.2. The van der Waals surface area contributed by atoms with Gasteiger partial charge >= 0.3 is 0 Å². The predicted octanol–water partition coefficient (Wildman–Crippen LogP) is 5.12. The SMILES string of the molecule is N#CCCN(C(=O)c1ccc(CSc2nc3ccccc3s2)cc1)C1CCOCC1. The predicted molar refractivity (Wildman–Crippen MR) is 121 cm³/mol. The second kappa shape index (κ2) is 10.1. The molecule has 1 fully saturated rings. The van der Waals surface area contributed by atoms with Gasteiger partial charge in [-0.25, -0.2) is 4.98 Å². The number of nitriles is 1. The largest absolute Gasteiger partial charge is 0.381 e. The third-order valence-corrected chi connectivity index (χ3v) is 7.44. The number of carbonyl (C=O) groups excluding carboxylic acids is 1. The molecule has 0 N–H and O–H groups in total. The first-order chi connectivity index (χ1) is 14.7. The second-order valence-corrected chi connectivity index (χ2v) is 9.44. The molecule has 2 aromatic carbocycles. The molecule has 0 unspecified atom stereocenters. The molecule has 1 aromatic heterocycles. The van der Waals surface area contributed by atoms with E-state index in [1.807, 2.05) is 47.4 Å². The molecule has 0 atom stereocenters. The van der Waals surface area contributed by atoms with E-state index in [-0.39, 0.29) is 11.9 Å². The molecule has 1 saturated heterocycles. The van der Waals surface area contributed by atoms with Gasteiger partial charge in [-0.15, -0.1) is 11.3 Å². The molecular weight excluding hydrogens is 414 g/mol. The highest BCUT2D eigenvalue weighted by molar-refractivity contribution is 8.00. The summed E-state index contributed by atoms with van der Waals surface area (Å²) in [5.74, 6) is 0.814. The molecule has 0 bridgehead atoms. The van der Waals surface area contributed by atoms with E-state index in [2.05, 4.69) is 17.1 Å². The first kappa shape index (κ1) is 20.9. The van der Waals surface area contributed by atoms with Gasteiger partial charge in [0.2, 0.25) is 0 Å². The second-order valence-electron chi connectivity index (χ2n) is 7.18. The zero-order valence-electron chi connectivity index (χ0n) is 16.6. The molecule has 2 heterocycles. The molecule has 0 spiro atoms. The molecule has 1 aliphatic rings. The van der Waals surface area contributed by atoms with Gasteiger partial charge in [0.1, 0.15) is 0 Å². The van der Waals surface area contributed by atoms with Crippen LogP contribution in [0.2, 0.25) is 0 Å². The minimum atomic E-state index is 0.00234. The van der Waals surface area contributed by atoms with Gasteiger partial charge in [0.05, 0.1) is 22.7 Å². The zero-order valence-corrected chi connectivity index (χ0v) is 18.3. The van der Waals surface area contributed by atoms with Crippen molar-refractivity contribution >= 4 is 39.2 Å². The third-order valence-electron chi connectivity index (χ3n) is 5.19. The van der Waals surface area contributed by atoms with Crippen molar-refractivity contribution in [2.24, 2.45) is 0 Å². The molecule has 154 valence electrons. The van der Waals surface area contributed by atoms with E-state index in [1.165, 1.54) is 4.70 Å². The summed E-state index contributed by atoms with van der Waals surface area (Å²) in [6.07, 6.45) is 2.00. The van der Waals surface area contributed by atoms with Crippen LogP contribution >= 0.6 is 23.1 Å². The van der Waals surface area contributed by atoms with Crippen molar-refractivity contribution in [1.29, 1.82) is 5.26 Å². The Hall–Kier alpha value is -2.40. The van der Waals surface area contributed by atoms with Crippen molar-refractivity contribution in [3.63, 3.8) is 0 Å². The monoisotopic (exact) mass is 437 g/mol. The van der Waals surface area contributed by atoms with Crippen molar-refractivity contribution in [2.75, 3.05) is 19.8 Å². The van der Waals surface area contributed by atoms with Crippen LogP contribution in [0.4, 0.5) is 0 Å². The van der Waals surface area contributed by atoms with Crippen molar-refractivity contribution < 1.29 is 9.53 Å². The van der Waals surface area contributed by atoms with Gasteiger partial charge in [-0.2, -0.15) is 5.26 Å². The lowest BCUT2D eigenvalue weighted by Gasteiger charge is -2.34. The minimum absolute atomic E-state index is 0.00234. The Morgan fingerprint density at radius 1 is 1.20 bits per heavy atom. The first-order valence-electron chi connectivity index (χ1n) is 10.1. The maximum Gasteiger partial charge on any atom is 0.254 e. The number of carbonyl (C=O) groups is 1. The molecule has 1 amide bonds. The van der Waals surface area contributed by atoms with Gasteiger partial charge in [0, 0.05) is 37.1 Å². The average molecular weight is 438 g/mol. The molecule has 0 aliphatic carbocycles. The number of amides is 1. The summed E-state index contributed by atoms with van der Waals surface area (Å²) >= 11 is 3.42. The number of ether oxygens (including phenoxy) is 1. The molecule has 4 rings (SSSR count). The van der Waals surface area contributed by atoms with Crippen LogP contribution in [0.25, 0.3) is 10.2 Å². The van der Waals surface area contributed by atoms with Crippen LogP contribution in [0.5, 0.6) is 0 Å². The van der Waals surface area contributed by atoms with E-state index in [0.29, 0.717) is 31.7 Å². The van der Waals surface area contributed by atoms with Gasteiger partial charge in [-0.1, -0.05) is 36.0 Å². The Labute approximate surface area is 184 Å². The van der Waals surface area contributed by atoms with Crippen LogP contribution in [0.15, 0.2) is 52.9 Å². The lowest BCUT2D eigenvalue weighted by molar-refractivity contribution is 0.0296. The number of thiazole rings is 1. The smallest absolute Gasteiger partial charge is 0.254 e. The van der Waals surface area contributed by atoms with E-state index in [1.54, 1.807) is 23.1 Å². The van der Waals surface area contributed by atoms with Crippen molar-refractivity contribution in [3.05, 3.63) is 59.7 Å². The molecule has 0 saturated carbocycles. The number of fused-ring (bicyclic) bond motifs is 1. The fourth-order valence-electron chi connectivity index (χ4n) is 3.58. The molecule has 5 nitrogen and oxygen atoms in total. The molecule has 3 aromatic rings. The number of benzene rings is 2. The highest BCUT2D eigenvalue weighted by Gasteiger charge is 2.26. The highest BCUT2D eigenvalue weighted by Crippen LogP contribution is 2.31. The number of nitrogens with zero attached hydrogens (tertiary/aromatic N) is 3. The van der Waals surface area contributed by atoms with Crippen LogP contribution in [-0.4, -0.2) is 41.6 Å². The van der Waals surface area contributed by atoms with Gasteiger partial charge in [-0.3, -0.25) is 4.79 Å². The van der Waals surface area contributed by atoms with Crippen LogP contribution in [-0.2, 0) is 10.5 Å². The number of hydrogen-bond acceptors (Lipinski definition) is 6. The number of aromatic nitrogens is 1. The molecule has 0 radical (unpaired) electrons. The van der Waals surface area contributed by atoms with Gasteiger partial charge in [0.15, 0.2) is 4.34 Å². The number of rotatable bonds is 7. The number of para-hydroxylation sites is 1. The maximum atomic E-state index is 13.1. The summed E-state index contributed by atoms with van der Waals surface area (Å²) in [5, 5.41) is 8.98. The summed E-state index contributed by atoms with van der Waals surface area (Å²) in [4.78, 5) is 19.6. The van der Waals surface area contributed by atoms with E-state index in [0.717, 1.165) is 34.0 Å². The minimum Gasteiger partial charge on any atom is -0.381 e. The lowest BCUT2D eigenvalue weighted by atomic mass is 10.0. The van der Waals surface area contributed by atoms with Crippen molar-refractivity contribution in [2.45, 2.75) is 35.4 Å². The van der Waals surface area contributed by atoms with Gasteiger partial charge in [0.25, 0.3) is 5.91 Å². The molecular formula is C23H23N3O2S2. The van der Waals surface area contributed by atoms with Gasteiger partial charge in [-0.05, 0) is 42.7 Å². The maximum absolute atomic E-state index is 13.1. The Kier molecular flexibility index (Phi) is 7.00. The normalized spacial score (nSPS) is 14.5. The van der Waals surface area contributed by atoms with E-state index >= 15 is 0 Å². The topological polar surface area (TPSA) is 66.2 Å². The van der Waals surface area contributed by atoms with E-state index in [4.69, 9.17) is 10.00 Å². The Bertz CT molecular complexity index is 1000. The van der Waals surface area contributed by atoms with Gasteiger partial charge < -0.3 is 9.64 Å². The van der Waals surface area contributed by atoms with Crippen LogP contribution < -0.4 is 0 Å². The zero-order chi connectivity index (χ0) is 20.8. The Morgan fingerprint density at radius 3 is 2.70 bits per heavy atom. The van der Waals surface area contributed by atoms with Crippen LogP contribution in [0.3, 0.4) is 0 Å². The number of hydrogen-bond donors (Lipinski definition) is 0. The molecule has 30 heavy (non-hydrogen) atoms. The summed E-state index contributed by atoms with van der Waals surface area (Å²) in [5.41, 5.74) is 2.87. The lowest BCUT2D eigenvalue weighted by Crippen LogP contribution is -2.43. The Balaban J connectivity index is 1.40. The number of thioether (sulfide) groups is 1. The molecule has 7 heteroatoms. The van der Waals surface area contributed by atoms with Crippen molar-refractivity contribution in [3.8, 4) is 6.07 Å². The summed E-state index contributed by atoms with van der Waals surface area (Å²) in [6, 6.07) is 18.3. The fraction of sp³-hybridized carbons (Fsp3) is 0.348. The third kappa shape index (κ3) is 5.01. The first-order valence-corrected chi connectivity index (χ1v) is 11.9.